The number of para-hydroxylation sites is 1. The minimum atomic E-state index is 0.880. The molecule has 5 heteroatoms. The van der Waals surface area contributed by atoms with Crippen molar-refractivity contribution in [3.8, 4) is 0 Å². The van der Waals surface area contributed by atoms with Crippen molar-refractivity contribution in [3.63, 3.8) is 0 Å². The van der Waals surface area contributed by atoms with Crippen LogP contribution in [0.3, 0.4) is 0 Å². The maximum absolute atomic E-state index is 5.38. The Morgan fingerprint density at radius 2 is 2.19 bits per heavy atom. The third kappa shape index (κ3) is 1.47. The van der Waals surface area contributed by atoms with Crippen LogP contribution in [0.1, 0.15) is 0 Å². The first kappa shape index (κ1) is 10.3. The van der Waals surface area contributed by atoms with Gasteiger partial charge in [-0.3, -0.25) is 0 Å². The Morgan fingerprint density at radius 3 is 3.00 bits per heavy atom. The molecule has 0 aliphatic rings. The Bertz CT molecular complexity index is 727. The van der Waals surface area contributed by atoms with Gasteiger partial charge >= 0.3 is 0 Å². The van der Waals surface area contributed by atoms with Gasteiger partial charge in [0.15, 0.2) is 4.34 Å². The van der Waals surface area contributed by atoms with Gasteiger partial charge in [-0.25, -0.2) is 4.98 Å². The number of thioether (sulfide) groups is 1. The third-order valence-corrected chi connectivity index (χ3v) is 4.74. The minimum absolute atomic E-state index is 0.880. The predicted molar refractivity (Wildman–Crippen MR) is 74.1 cm³/mol. The van der Waals surface area contributed by atoms with Gasteiger partial charge in [0.2, 0.25) is 0 Å². The van der Waals surface area contributed by atoms with E-state index in [1.807, 2.05) is 18.4 Å². The molecule has 0 spiro atoms. The molecule has 0 aliphatic heterocycles. The van der Waals surface area contributed by atoms with Crippen LogP contribution in [-0.2, 0) is 0 Å². The van der Waals surface area contributed by atoms with Gasteiger partial charge in [0.1, 0.15) is 9.34 Å². The minimum Gasteiger partial charge on any atom is -0.351 e. The summed E-state index contributed by atoms with van der Waals surface area (Å²) < 4.78 is 1.90. The molecule has 0 saturated carbocycles. The van der Waals surface area contributed by atoms with Gasteiger partial charge in [-0.15, -0.1) is 0 Å². The molecular formula is C11H8N2S3. The molecule has 1 aromatic carbocycles. The summed E-state index contributed by atoms with van der Waals surface area (Å²) in [6.45, 7) is 0. The number of nitrogens with one attached hydrogen (secondary N) is 1. The SMILES string of the molecule is CSc1nc2c([nH]c3ccccc32)c(=S)s1. The molecule has 2 heterocycles. The standard InChI is InChI=1S/C11H8N2S3/c1-15-11-13-8-6-4-2-3-5-7(6)12-9(8)10(14)16-11/h2-5,12H,1H3. The maximum Gasteiger partial charge on any atom is 0.151 e. The van der Waals surface area contributed by atoms with Gasteiger partial charge in [-0.05, 0) is 12.3 Å². The molecule has 0 aliphatic carbocycles. The number of H-pyrrole nitrogens is 1. The van der Waals surface area contributed by atoms with Crippen LogP contribution in [0.5, 0.6) is 0 Å². The van der Waals surface area contributed by atoms with Crippen LogP contribution in [0.15, 0.2) is 28.6 Å². The molecule has 80 valence electrons. The van der Waals surface area contributed by atoms with Crippen molar-refractivity contribution in [2.24, 2.45) is 0 Å². The lowest BCUT2D eigenvalue weighted by Gasteiger charge is -1.94. The molecule has 0 amide bonds. The largest absolute Gasteiger partial charge is 0.351 e. The molecule has 0 unspecified atom stereocenters. The molecule has 0 bridgehead atoms. The fourth-order valence-electron chi connectivity index (χ4n) is 1.72. The summed E-state index contributed by atoms with van der Waals surface area (Å²) in [5, 5.41) is 1.15. The highest BCUT2D eigenvalue weighted by Gasteiger charge is 2.08. The molecule has 3 aromatic rings. The van der Waals surface area contributed by atoms with Crippen molar-refractivity contribution in [2.75, 3.05) is 6.26 Å². The van der Waals surface area contributed by atoms with E-state index in [1.165, 1.54) is 0 Å². The molecule has 16 heavy (non-hydrogen) atoms. The smallest absolute Gasteiger partial charge is 0.151 e. The Kier molecular flexibility index (Phi) is 2.46. The zero-order valence-corrected chi connectivity index (χ0v) is 10.9. The summed E-state index contributed by atoms with van der Waals surface area (Å²) in [6, 6.07) is 8.16. The van der Waals surface area contributed by atoms with Gasteiger partial charge in [0, 0.05) is 10.9 Å². The lowest BCUT2D eigenvalue weighted by molar-refractivity contribution is 1.29. The van der Waals surface area contributed by atoms with Crippen molar-refractivity contribution < 1.29 is 0 Å². The van der Waals surface area contributed by atoms with E-state index in [-0.39, 0.29) is 0 Å². The van der Waals surface area contributed by atoms with Crippen LogP contribution >= 0.6 is 35.3 Å². The van der Waals surface area contributed by atoms with E-state index in [9.17, 15) is 0 Å². The number of hydrogen-bond acceptors (Lipinski definition) is 4. The van der Waals surface area contributed by atoms with Crippen LogP contribution in [0.2, 0.25) is 0 Å². The highest BCUT2D eigenvalue weighted by molar-refractivity contribution is 8.00. The lowest BCUT2D eigenvalue weighted by atomic mass is 10.2. The topological polar surface area (TPSA) is 28.7 Å². The Morgan fingerprint density at radius 1 is 1.38 bits per heavy atom. The molecule has 0 atom stereocenters. The summed E-state index contributed by atoms with van der Waals surface area (Å²) in [5.74, 6) is 0. The van der Waals surface area contributed by atoms with Gasteiger partial charge in [0.25, 0.3) is 0 Å². The zero-order chi connectivity index (χ0) is 11.1. The van der Waals surface area contributed by atoms with E-state index in [2.05, 4.69) is 22.1 Å². The van der Waals surface area contributed by atoms with E-state index in [0.29, 0.717) is 0 Å². The fourth-order valence-corrected chi connectivity index (χ4v) is 3.58. The van der Waals surface area contributed by atoms with Crippen molar-refractivity contribution in [3.05, 3.63) is 28.1 Å². The average molecular weight is 264 g/mol. The van der Waals surface area contributed by atoms with E-state index < -0.39 is 0 Å². The maximum atomic E-state index is 5.38. The first-order chi connectivity index (χ1) is 7.79. The molecule has 0 saturated heterocycles. The van der Waals surface area contributed by atoms with Gasteiger partial charge in [-0.2, -0.15) is 0 Å². The second-order valence-electron chi connectivity index (χ2n) is 3.37. The second-order valence-corrected chi connectivity index (χ2v) is 6.08. The summed E-state index contributed by atoms with van der Waals surface area (Å²) in [4.78, 5) is 7.96. The van der Waals surface area contributed by atoms with Crippen molar-refractivity contribution in [1.29, 1.82) is 0 Å². The first-order valence-corrected chi connectivity index (χ1v) is 7.20. The molecule has 1 N–H and O–H groups in total. The summed E-state index contributed by atoms with van der Waals surface area (Å²) >= 11 is 8.58. The Hall–Kier alpha value is -0.910. The van der Waals surface area contributed by atoms with Crippen LogP contribution in [0.4, 0.5) is 0 Å². The zero-order valence-electron chi connectivity index (χ0n) is 8.48. The molecular weight excluding hydrogens is 256 g/mol. The summed E-state index contributed by atoms with van der Waals surface area (Å²) in [5.41, 5.74) is 3.07. The van der Waals surface area contributed by atoms with Crippen LogP contribution in [0.25, 0.3) is 21.9 Å². The number of aromatic amines is 1. The van der Waals surface area contributed by atoms with Crippen LogP contribution < -0.4 is 0 Å². The second kappa shape index (κ2) is 3.84. The van der Waals surface area contributed by atoms with Gasteiger partial charge < -0.3 is 4.98 Å². The quantitative estimate of drug-likeness (QED) is 0.527. The van der Waals surface area contributed by atoms with Gasteiger partial charge in [-0.1, -0.05) is 53.5 Å². The van der Waals surface area contributed by atoms with Crippen molar-refractivity contribution >= 4 is 57.3 Å². The highest BCUT2D eigenvalue weighted by atomic mass is 32.2. The Balaban J connectivity index is 2.56. The van der Waals surface area contributed by atoms with E-state index in [1.54, 1.807) is 23.1 Å². The van der Waals surface area contributed by atoms with Crippen LogP contribution in [-0.4, -0.2) is 16.2 Å². The summed E-state index contributed by atoms with van der Waals surface area (Å²) in [6.07, 6.45) is 2.02. The monoisotopic (exact) mass is 264 g/mol. The average Bonchev–Trinajstić information content (AvgIpc) is 2.68. The normalized spacial score (nSPS) is 11.3. The number of fused-ring (bicyclic) bond motifs is 3. The molecule has 2 aromatic heterocycles. The highest BCUT2D eigenvalue weighted by Crippen LogP contribution is 2.29. The van der Waals surface area contributed by atoms with Crippen molar-refractivity contribution in [1.82, 2.24) is 9.97 Å². The fraction of sp³-hybridized carbons (Fsp3) is 0.0909. The van der Waals surface area contributed by atoms with Crippen molar-refractivity contribution in [2.45, 2.75) is 4.34 Å². The number of rotatable bonds is 1. The molecule has 0 radical (unpaired) electrons. The van der Waals surface area contributed by atoms with Crippen LogP contribution in [0, 0.1) is 3.82 Å². The van der Waals surface area contributed by atoms with E-state index in [0.717, 1.165) is 30.1 Å². The Labute approximate surface area is 106 Å². The van der Waals surface area contributed by atoms with E-state index >= 15 is 0 Å². The number of nitrogens with zero attached hydrogens (tertiary/aromatic N) is 1. The number of hydrogen-bond donors (Lipinski definition) is 1. The predicted octanol–water partition coefficient (Wildman–Crippen LogP) is 4.23. The molecule has 2 nitrogen and oxygen atoms in total. The first-order valence-electron chi connectivity index (χ1n) is 4.75. The van der Waals surface area contributed by atoms with E-state index in [4.69, 9.17) is 12.2 Å². The molecule has 0 fully saturated rings. The number of aromatic nitrogens is 2. The number of benzene rings is 1. The molecule has 3 rings (SSSR count). The summed E-state index contributed by atoms with van der Waals surface area (Å²) in [7, 11) is 0. The lowest BCUT2D eigenvalue weighted by Crippen LogP contribution is -1.77. The third-order valence-electron chi connectivity index (χ3n) is 2.44. The van der Waals surface area contributed by atoms with Gasteiger partial charge in [0.05, 0.1) is 5.52 Å².